The number of benzene rings is 1. The molecule has 25 heavy (non-hydrogen) atoms. The van der Waals surface area contributed by atoms with Gasteiger partial charge in [0, 0.05) is 9.89 Å². The Morgan fingerprint density at radius 2 is 2.16 bits per heavy atom. The number of H-pyrrole nitrogens is 1. The number of aromatic nitrogens is 6. The molecule has 0 aliphatic rings. The number of nitrogens with one attached hydrogen (secondary N) is 1. The summed E-state index contributed by atoms with van der Waals surface area (Å²) in [7, 11) is 0. The quantitative estimate of drug-likeness (QED) is 0.671. The predicted octanol–water partition coefficient (Wildman–Crippen LogP) is 2.80. The highest BCUT2D eigenvalue weighted by Gasteiger charge is 2.20. The van der Waals surface area contributed by atoms with E-state index in [9.17, 15) is 4.79 Å². The largest absolute Gasteiger partial charge is 0.453 e. The first-order valence-corrected chi connectivity index (χ1v) is 8.39. The number of carbonyl (C=O) groups is 1. The minimum Gasteiger partial charge on any atom is -0.453 e. The summed E-state index contributed by atoms with van der Waals surface area (Å²) in [5.41, 5.74) is 0.729. The normalized spacial score (nSPS) is 11.5. The van der Waals surface area contributed by atoms with E-state index in [1.807, 2.05) is 45.0 Å². The number of aromatic amines is 1. The number of carbonyl (C=O) groups excluding carboxylic acids is 1. The molecule has 0 bridgehead atoms. The van der Waals surface area contributed by atoms with Crippen LogP contribution in [0.2, 0.25) is 0 Å². The lowest BCUT2D eigenvalue weighted by molar-refractivity contribution is 0.0455. The van der Waals surface area contributed by atoms with Gasteiger partial charge in [0.25, 0.3) is 0 Å². The highest BCUT2D eigenvalue weighted by molar-refractivity contribution is 9.10. The maximum atomic E-state index is 12.1. The first-order chi connectivity index (χ1) is 11.8. The number of hydrogen-bond donors (Lipinski definition) is 1. The molecule has 0 atom stereocenters. The van der Waals surface area contributed by atoms with Gasteiger partial charge < -0.3 is 4.74 Å². The fourth-order valence-electron chi connectivity index (χ4n) is 2.01. The van der Waals surface area contributed by atoms with E-state index in [2.05, 4.69) is 41.4 Å². The molecule has 130 valence electrons. The number of ether oxygens (including phenoxy) is 1. The third-order valence-corrected chi connectivity index (χ3v) is 3.81. The molecule has 9 heteroatoms. The molecule has 1 N–H and O–H groups in total. The fraction of sp³-hybridized carbons (Fsp3) is 0.312. The van der Waals surface area contributed by atoms with Crippen LogP contribution in [0.25, 0.3) is 5.69 Å². The number of esters is 1. The molecule has 3 aromatic rings. The van der Waals surface area contributed by atoms with Crippen molar-refractivity contribution in [2.45, 2.75) is 32.8 Å². The van der Waals surface area contributed by atoms with Crippen LogP contribution >= 0.6 is 15.9 Å². The van der Waals surface area contributed by atoms with Crippen LogP contribution in [0.15, 0.2) is 34.9 Å². The summed E-state index contributed by atoms with van der Waals surface area (Å²) in [5, 5.41) is 14.7. The Labute approximate surface area is 152 Å². The molecule has 0 amide bonds. The van der Waals surface area contributed by atoms with Crippen LogP contribution in [0.1, 0.15) is 42.9 Å². The molecule has 8 nitrogen and oxygen atoms in total. The Kier molecular flexibility index (Phi) is 4.67. The molecular weight excluding hydrogens is 388 g/mol. The van der Waals surface area contributed by atoms with Crippen molar-refractivity contribution in [2.75, 3.05) is 0 Å². The third-order valence-electron chi connectivity index (χ3n) is 3.32. The average Bonchev–Trinajstić information content (AvgIpc) is 3.21. The van der Waals surface area contributed by atoms with Gasteiger partial charge in [-0.1, -0.05) is 48.0 Å². The molecule has 0 saturated heterocycles. The van der Waals surface area contributed by atoms with Crippen molar-refractivity contribution in [1.29, 1.82) is 0 Å². The van der Waals surface area contributed by atoms with Gasteiger partial charge >= 0.3 is 5.97 Å². The SMILES string of the molecule is CC(C)(C)c1n[nH]c(COC(=O)c2cn(-c3cccc(Br)c3)nn2)n1. The van der Waals surface area contributed by atoms with E-state index >= 15 is 0 Å². The maximum Gasteiger partial charge on any atom is 0.361 e. The Bertz CT molecular complexity index is 896. The molecule has 0 radical (unpaired) electrons. The Balaban J connectivity index is 1.65. The van der Waals surface area contributed by atoms with E-state index < -0.39 is 5.97 Å². The van der Waals surface area contributed by atoms with Crippen molar-refractivity contribution in [1.82, 2.24) is 30.2 Å². The molecule has 0 aliphatic heterocycles. The summed E-state index contributed by atoms with van der Waals surface area (Å²) in [5.74, 6) is 0.576. The van der Waals surface area contributed by atoms with Gasteiger partial charge in [-0.25, -0.2) is 14.5 Å². The van der Waals surface area contributed by atoms with Crippen molar-refractivity contribution in [3.8, 4) is 5.69 Å². The molecule has 0 unspecified atom stereocenters. The molecule has 0 saturated carbocycles. The fourth-order valence-corrected chi connectivity index (χ4v) is 2.39. The molecule has 2 aromatic heterocycles. The van der Waals surface area contributed by atoms with Gasteiger partial charge in [-0.3, -0.25) is 5.10 Å². The topological polar surface area (TPSA) is 98.6 Å². The van der Waals surface area contributed by atoms with Gasteiger partial charge in [-0.05, 0) is 18.2 Å². The van der Waals surface area contributed by atoms with E-state index in [1.165, 1.54) is 10.9 Å². The molecule has 0 aliphatic carbocycles. The van der Waals surface area contributed by atoms with E-state index in [4.69, 9.17) is 4.74 Å². The van der Waals surface area contributed by atoms with Crippen LogP contribution in [0.4, 0.5) is 0 Å². The summed E-state index contributed by atoms with van der Waals surface area (Å²) in [4.78, 5) is 16.4. The predicted molar refractivity (Wildman–Crippen MR) is 93.3 cm³/mol. The number of halogens is 1. The van der Waals surface area contributed by atoms with Crippen LogP contribution < -0.4 is 0 Å². The molecule has 1 aromatic carbocycles. The van der Waals surface area contributed by atoms with Crippen molar-refractivity contribution >= 4 is 21.9 Å². The second kappa shape index (κ2) is 6.75. The summed E-state index contributed by atoms with van der Waals surface area (Å²) < 4.78 is 7.63. The smallest absolute Gasteiger partial charge is 0.361 e. The summed E-state index contributed by atoms with van der Waals surface area (Å²) in [6.45, 7) is 6.01. The van der Waals surface area contributed by atoms with Crippen molar-refractivity contribution in [3.63, 3.8) is 0 Å². The Morgan fingerprint density at radius 3 is 2.84 bits per heavy atom. The number of hydrogen-bond acceptors (Lipinski definition) is 6. The second-order valence-corrected chi connectivity index (χ2v) is 7.38. The lowest BCUT2D eigenvalue weighted by atomic mass is 9.96. The van der Waals surface area contributed by atoms with Gasteiger partial charge in [0.2, 0.25) is 0 Å². The molecule has 2 heterocycles. The van der Waals surface area contributed by atoms with Gasteiger partial charge in [0.1, 0.15) is 0 Å². The summed E-state index contributed by atoms with van der Waals surface area (Å²) >= 11 is 3.39. The molecule has 0 spiro atoms. The average molecular weight is 405 g/mol. The van der Waals surface area contributed by atoms with Gasteiger partial charge in [0.15, 0.2) is 23.9 Å². The van der Waals surface area contributed by atoms with Crippen LogP contribution in [0.3, 0.4) is 0 Å². The first kappa shape index (κ1) is 17.3. The zero-order valence-electron chi connectivity index (χ0n) is 14.0. The summed E-state index contributed by atoms with van der Waals surface area (Å²) in [6, 6.07) is 7.50. The second-order valence-electron chi connectivity index (χ2n) is 6.46. The lowest BCUT2D eigenvalue weighted by Gasteiger charge is -2.11. The minimum absolute atomic E-state index is 0.00828. The van der Waals surface area contributed by atoms with Crippen molar-refractivity contribution in [2.24, 2.45) is 0 Å². The van der Waals surface area contributed by atoms with Crippen LogP contribution in [-0.2, 0) is 16.8 Å². The van der Waals surface area contributed by atoms with E-state index in [0.717, 1.165) is 10.2 Å². The lowest BCUT2D eigenvalue weighted by Crippen LogP contribution is -2.13. The zero-order chi connectivity index (χ0) is 18.0. The highest BCUT2D eigenvalue weighted by atomic mass is 79.9. The number of rotatable bonds is 4. The van der Waals surface area contributed by atoms with Crippen LogP contribution in [0, 0.1) is 0 Å². The number of nitrogens with zero attached hydrogens (tertiary/aromatic N) is 5. The van der Waals surface area contributed by atoms with Crippen LogP contribution in [-0.4, -0.2) is 36.1 Å². The van der Waals surface area contributed by atoms with Crippen molar-refractivity contribution in [3.05, 3.63) is 52.3 Å². The van der Waals surface area contributed by atoms with Gasteiger partial charge in [0.05, 0.1) is 11.9 Å². The first-order valence-electron chi connectivity index (χ1n) is 7.60. The van der Waals surface area contributed by atoms with Gasteiger partial charge in [-0.2, -0.15) is 5.10 Å². The van der Waals surface area contributed by atoms with E-state index in [0.29, 0.717) is 11.6 Å². The maximum absolute atomic E-state index is 12.1. The Morgan fingerprint density at radius 1 is 1.36 bits per heavy atom. The van der Waals surface area contributed by atoms with E-state index in [1.54, 1.807) is 0 Å². The molecule has 3 rings (SSSR count). The monoisotopic (exact) mass is 404 g/mol. The zero-order valence-corrected chi connectivity index (χ0v) is 15.6. The Hall–Kier alpha value is -2.55. The van der Waals surface area contributed by atoms with Crippen molar-refractivity contribution < 1.29 is 9.53 Å². The molecular formula is C16H17BrN6O2. The van der Waals surface area contributed by atoms with Crippen LogP contribution in [0.5, 0.6) is 0 Å². The molecule has 0 fully saturated rings. The summed E-state index contributed by atoms with van der Waals surface area (Å²) in [6.07, 6.45) is 1.52. The standard InChI is InChI=1S/C16H17BrN6O2/c1-16(2,3)15-18-13(20-21-15)9-25-14(24)12-8-23(22-19-12)11-6-4-5-10(17)7-11/h4-8H,9H2,1-3H3,(H,18,20,21). The minimum atomic E-state index is -0.574. The highest BCUT2D eigenvalue weighted by Crippen LogP contribution is 2.18. The van der Waals surface area contributed by atoms with E-state index in [-0.39, 0.29) is 17.7 Å². The van der Waals surface area contributed by atoms with Gasteiger partial charge in [-0.15, -0.1) is 5.10 Å². The third kappa shape index (κ3) is 4.11.